The third-order valence-electron chi connectivity index (χ3n) is 4.76. The number of halogens is 1. The minimum atomic E-state index is -0.269. The normalized spacial score (nSPS) is 25.3. The molecule has 2 atom stereocenters. The second-order valence-electron chi connectivity index (χ2n) is 6.25. The predicted molar refractivity (Wildman–Crippen MR) is 82.1 cm³/mol. The number of ether oxygens (including phenoxy) is 1. The quantitative estimate of drug-likeness (QED) is 0.871. The zero-order valence-electron chi connectivity index (χ0n) is 12.9. The van der Waals surface area contributed by atoms with Gasteiger partial charge in [0.25, 0.3) is 0 Å². The molecule has 122 valence electrons. The summed E-state index contributed by atoms with van der Waals surface area (Å²) < 4.78 is 24.3. The molecule has 4 rings (SSSR count). The summed E-state index contributed by atoms with van der Waals surface area (Å²) in [4.78, 5) is 6.86. The summed E-state index contributed by atoms with van der Waals surface area (Å²) in [5.74, 6) is 0.845. The van der Waals surface area contributed by atoms with E-state index in [2.05, 4.69) is 15.0 Å². The van der Waals surface area contributed by atoms with Crippen molar-refractivity contribution in [2.75, 3.05) is 13.2 Å². The average molecular weight is 317 g/mol. The first-order valence-corrected chi connectivity index (χ1v) is 8.24. The molecule has 1 saturated heterocycles. The summed E-state index contributed by atoms with van der Waals surface area (Å²) in [5.41, 5.74) is 0.763. The Labute approximate surface area is 134 Å². The van der Waals surface area contributed by atoms with Gasteiger partial charge in [0.2, 0.25) is 11.7 Å². The first kappa shape index (κ1) is 14.8. The molecule has 1 aromatic carbocycles. The molecule has 1 saturated carbocycles. The second-order valence-corrected chi connectivity index (χ2v) is 6.25. The molecule has 2 fully saturated rings. The molecule has 5 nitrogen and oxygen atoms in total. The van der Waals surface area contributed by atoms with E-state index in [9.17, 15) is 4.39 Å². The summed E-state index contributed by atoms with van der Waals surface area (Å²) in [6.45, 7) is 2.31. The molecule has 1 aliphatic heterocycles. The summed E-state index contributed by atoms with van der Waals surface area (Å²) in [6.07, 6.45) is 5.17. The van der Waals surface area contributed by atoms with Gasteiger partial charge in [0.05, 0.1) is 19.3 Å². The van der Waals surface area contributed by atoms with Crippen molar-refractivity contribution in [2.24, 2.45) is 0 Å². The van der Waals surface area contributed by atoms with Crippen LogP contribution in [0.5, 0.6) is 0 Å². The highest BCUT2D eigenvalue weighted by Gasteiger charge is 2.34. The maximum Gasteiger partial charge on any atom is 0.241 e. The van der Waals surface area contributed by atoms with Gasteiger partial charge in [-0.2, -0.15) is 4.98 Å². The Hall–Kier alpha value is -1.79. The lowest BCUT2D eigenvalue weighted by Crippen LogP contribution is -2.52. The van der Waals surface area contributed by atoms with Crippen LogP contribution in [0.15, 0.2) is 28.8 Å². The number of benzene rings is 1. The van der Waals surface area contributed by atoms with Crippen molar-refractivity contribution in [3.8, 4) is 11.4 Å². The first-order valence-electron chi connectivity index (χ1n) is 8.24. The topological polar surface area (TPSA) is 51.4 Å². The van der Waals surface area contributed by atoms with Crippen molar-refractivity contribution < 1.29 is 13.7 Å². The van der Waals surface area contributed by atoms with Gasteiger partial charge in [0.15, 0.2) is 0 Å². The highest BCUT2D eigenvalue weighted by atomic mass is 19.1. The molecular formula is C17H20FN3O2. The van der Waals surface area contributed by atoms with Crippen LogP contribution in [0.1, 0.15) is 31.6 Å². The maximum atomic E-state index is 13.0. The number of rotatable bonds is 3. The van der Waals surface area contributed by atoms with Crippen molar-refractivity contribution in [1.29, 1.82) is 0 Å². The highest BCUT2D eigenvalue weighted by Crippen LogP contribution is 2.29. The van der Waals surface area contributed by atoms with Crippen LogP contribution in [0.3, 0.4) is 0 Å². The van der Waals surface area contributed by atoms with Crippen LogP contribution >= 0.6 is 0 Å². The van der Waals surface area contributed by atoms with E-state index in [1.807, 2.05) is 0 Å². The number of morpholine rings is 1. The van der Waals surface area contributed by atoms with E-state index in [0.29, 0.717) is 30.4 Å². The van der Waals surface area contributed by atoms with E-state index < -0.39 is 0 Å². The molecule has 2 heterocycles. The monoisotopic (exact) mass is 317 g/mol. The van der Waals surface area contributed by atoms with Crippen molar-refractivity contribution in [3.05, 3.63) is 36.0 Å². The van der Waals surface area contributed by atoms with Gasteiger partial charge in [0.1, 0.15) is 5.82 Å². The fourth-order valence-electron chi connectivity index (χ4n) is 3.58. The summed E-state index contributed by atoms with van der Waals surface area (Å²) in [6, 6.07) is 6.59. The molecule has 0 N–H and O–H groups in total. The van der Waals surface area contributed by atoms with Crippen molar-refractivity contribution in [3.63, 3.8) is 0 Å². The van der Waals surface area contributed by atoms with Gasteiger partial charge in [-0.05, 0) is 37.1 Å². The highest BCUT2D eigenvalue weighted by molar-refractivity contribution is 5.53. The largest absolute Gasteiger partial charge is 0.375 e. The Morgan fingerprint density at radius 2 is 2.00 bits per heavy atom. The maximum absolute atomic E-state index is 13.0. The Kier molecular flexibility index (Phi) is 4.10. The van der Waals surface area contributed by atoms with Crippen LogP contribution in [-0.2, 0) is 11.3 Å². The van der Waals surface area contributed by atoms with Gasteiger partial charge < -0.3 is 9.26 Å². The van der Waals surface area contributed by atoms with Crippen LogP contribution in [0, 0.1) is 5.82 Å². The molecule has 23 heavy (non-hydrogen) atoms. The third kappa shape index (κ3) is 3.14. The molecular weight excluding hydrogens is 297 g/mol. The lowest BCUT2D eigenvalue weighted by Gasteiger charge is -2.43. The fourth-order valence-corrected chi connectivity index (χ4v) is 3.58. The summed E-state index contributed by atoms with van der Waals surface area (Å²) >= 11 is 0. The Bertz CT molecular complexity index is 656. The predicted octanol–water partition coefficient (Wildman–Crippen LogP) is 3.02. The number of hydrogen-bond acceptors (Lipinski definition) is 5. The van der Waals surface area contributed by atoms with Crippen LogP contribution in [0.2, 0.25) is 0 Å². The van der Waals surface area contributed by atoms with E-state index >= 15 is 0 Å². The lowest BCUT2D eigenvalue weighted by atomic mass is 9.90. The number of hydrogen-bond donors (Lipinski definition) is 0. The zero-order valence-corrected chi connectivity index (χ0v) is 12.9. The van der Waals surface area contributed by atoms with Crippen molar-refractivity contribution >= 4 is 0 Å². The van der Waals surface area contributed by atoms with Crippen molar-refractivity contribution in [1.82, 2.24) is 15.0 Å². The molecule has 2 aromatic rings. The van der Waals surface area contributed by atoms with E-state index in [1.165, 1.54) is 31.4 Å². The van der Waals surface area contributed by atoms with Gasteiger partial charge in [-0.25, -0.2) is 4.39 Å². The van der Waals surface area contributed by atoms with Gasteiger partial charge in [-0.15, -0.1) is 0 Å². The van der Waals surface area contributed by atoms with Gasteiger partial charge in [0, 0.05) is 18.2 Å². The van der Waals surface area contributed by atoms with E-state index in [0.717, 1.165) is 25.1 Å². The number of nitrogens with zero attached hydrogens (tertiary/aromatic N) is 3. The minimum Gasteiger partial charge on any atom is -0.375 e. The summed E-state index contributed by atoms with van der Waals surface area (Å²) in [5, 5.41) is 4.02. The van der Waals surface area contributed by atoms with Gasteiger partial charge in [-0.3, -0.25) is 4.90 Å². The number of aromatic nitrogens is 2. The molecule has 0 radical (unpaired) electrons. The van der Waals surface area contributed by atoms with Crippen molar-refractivity contribution in [2.45, 2.75) is 44.4 Å². The number of fused-ring (bicyclic) bond motifs is 1. The Morgan fingerprint density at radius 3 is 2.87 bits per heavy atom. The molecule has 2 aliphatic rings. The molecule has 0 amide bonds. The molecule has 1 aliphatic carbocycles. The SMILES string of the molecule is Fc1ccc(-c2noc(CN3CCO[C@H]4CCCC[C@H]43)n2)cc1. The third-order valence-corrected chi connectivity index (χ3v) is 4.76. The minimum absolute atomic E-state index is 0.269. The Balaban J connectivity index is 1.47. The molecule has 0 unspecified atom stereocenters. The Morgan fingerprint density at radius 1 is 1.17 bits per heavy atom. The van der Waals surface area contributed by atoms with Crippen LogP contribution < -0.4 is 0 Å². The zero-order chi connectivity index (χ0) is 15.6. The second kappa shape index (κ2) is 6.37. The fraction of sp³-hybridized carbons (Fsp3) is 0.529. The van der Waals surface area contributed by atoms with Gasteiger partial charge in [-0.1, -0.05) is 18.0 Å². The summed E-state index contributed by atoms with van der Waals surface area (Å²) in [7, 11) is 0. The lowest BCUT2D eigenvalue weighted by molar-refractivity contribution is -0.0933. The van der Waals surface area contributed by atoms with E-state index in [-0.39, 0.29) is 5.82 Å². The smallest absolute Gasteiger partial charge is 0.241 e. The average Bonchev–Trinajstić information content (AvgIpc) is 3.04. The molecule has 0 spiro atoms. The van der Waals surface area contributed by atoms with Crippen LogP contribution in [0.25, 0.3) is 11.4 Å². The van der Waals surface area contributed by atoms with Gasteiger partial charge >= 0.3 is 0 Å². The molecule has 0 bridgehead atoms. The first-order chi connectivity index (χ1) is 11.3. The van der Waals surface area contributed by atoms with Crippen LogP contribution in [-0.4, -0.2) is 40.3 Å². The van der Waals surface area contributed by atoms with E-state index in [1.54, 1.807) is 12.1 Å². The molecule has 1 aromatic heterocycles. The molecule has 6 heteroatoms. The standard InChI is InChI=1S/C17H20FN3O2/c18-13-7-5-12(6-8-13)17-19-16(23-20-17)11-21-9-10-22-15-4-2-1-3-14(15)21/h5-8,14-15H,1-4,9-11H2/t14-,15+/m1/s1. The van der Waals surface area contributed by atoms with E-state index in [4.69, 9.17) is 9.26 Å². The van der Waals surface area contributed by atoms with Crippen LogP contribution in [0.4, 0.5) is 4.39 Å².